The molecule has 0 amide bonds. The van der Waals surface area contributed by atoms with Gasteiger partial charge in [0.15, 0.2) is 5.82 Å². The molecule has 3 aromatic rings. The van der Waals surface area contributed by atoms with Gasteiger partial charge >= 0.3 is 0 Å². The molecule has 0 radical (unpaired) electrons. The zero-order valence-electron chi connectivity index (χ0n) is 9.69. The maximum atomic E-state index is 5.68. The smallest absolute Gasteiger partial charge is 0.222 e. The van der Waals surface area contributed by atoms with Gasteiger partial charge in [-0.15, -0.1) is 5.10 Å². The van der Waals surface area contributed by atoms with E-state index in [1.54, 1.807) is 30.3 Å². The molecule has 0 bridgehead atoms. The fourth-order valence-electron chi connectivity index (χ4n) is 1.49. The minimum atomic E-state index is 0.381. The molecule has 0 saturated heterocycles. The van der Waals surface area contributed by atoms with Crippen LogP contribution in [0.25, 0.3) is 11.5 Å². The highest BCUT2D eigenvalue weighted by Crippen LogP contribution is 2.23. The molecule has 2 heterocycles. The molecule has 0 spiro atoms. The summed E-state index contributed by atoms with van der Waals surface area (Å²) in [6.45, 7) is 0. The summed E-state index contributed by atoms with van der Waals surface area (Å²) in [7, 11) is 0. The SMILES string of the molecule is Nc1cccc(Oc2cc(-c3nnn[nH]3)ncn2)c1. The highest BCUT2D eigenvalue weighted by molar-refractivity contribution is 5.49. The summed E-state index contributed by atoms with van der Waals surface area (Å²) in [6, 6.07) is 8.70. The van der Waals surface area contributed by atoms with Gasteiger partial charge in [-0.3, -0.25) is 0 Å². The summed E-state index contributed by atoms with van der Waals surface area (Å²) in [5.74, 6) is 1.42. The highest BCUT2D eigenvalue weighted by Gasteiger charge is 2.06. The van der Waals surface area contributed by atoms with Crippen molar-refractivity contribution in [1.29, 1.82) is 0 Å². The monoisotopic (exact) mass is 255 g/mol. The number of nitrogens with zero attached hydrogens (tertiary/aromatic N) is 5. The van der Waals surface area contributed by atoms with E-state index in [4.69, 9.17) is 10.5 Å². The summed E-state index contributed by atoms with van der Waals surface area (Å²) in [5.41, 5.74) is 6.83. The minimum absolute atomic E-state index is 0.381. The van der Waals surface area contributed by atoms with Crippen molar-refractivity contribution in [1.82, 2.24) is 30.6 Å². The topological polar surface area (TPSA) is 115 Å². The number of hydrogen-bond acceptors (Lipinski definition) is 7. The number of aromatic amines is 1. The number of ether oxygens (including phenoxy) is 1. The Labute approximate surface area is 107 Å². The third kappa shape index (κ3) is 2.46. The lowest BCUT2D eigenvalue weighted by molar-refractivity contribution is 0.462. The molecule has 3 rings (SSSR count). The molecule has 0 aliphatic rings. The summed E-state index contributed by atoms with van der Waals surface area (Å²) < 4.78 is 5.58. The van der Waals surface area contributed by atoms with Crippen LogP contribution in [0.1, 0.15) is 0 Å². The van der Waals surface area contributed by atoms with Crippen molar-refractivity contribution < 1.29 is 4.74 Å². The largest absolute Gasteiger partial charge is 0.439 e. The van der Waals surface area contributed by atoms with Crippen molar-refractivity contribution in [3.8, 4) is 23.1 Å². The lowest BCUT2D eigenvalue weighted by Crippen LogP contribution is -1.93. The van der Waals surface area contributed by atoms with E-state index in [0.29, 0.717) is 28.8 Å². The molecule has 94 valence electrons. The minimum Gasteiger partial charge on any atom is -0.439 e. The number of nitrogen functional groups attached to an aromatic ring is 1. The number of tetrazole rings is 1. The quantitative estimate of drug-likeness (QED) is 0.671. The standard InChI is InChI=1S/C11H9N7O/c12-7-2-1-3-8(4-7)19-10-5-9(13-6-14-10)11-15-17-18-16-11/h1-6H,12H2,(H,15,16,17,18). The van der Waals surface area contributed by atoms with Crippen molar-refractivity contribution in [2.45, 2.75) is 0 Å². The van der Waals surface area contributed by atoms with E-state index in [1.165, 1.54) is 6.33 Å². The van der Waals surface area contributed by atoms with Crippen LogP contribution in [-0.4, -0.2) is 30.6 Å². The molecule has 0 aliphatic carbocycles. The van der Waals surface area contributed by atoms with Gasteiger partial charge in [-0.05, 0) is 22.6 Å². The normalized spacial score (nSPS) is 10.3. The highest BCUT2D eigenvalue weighted by atomic mass is 16.5. The number of nitrogens with two attached hydrogens (primary N) is 1. The van der Waals surface area contributed by atoms with Gasteiger partial charge in [-0.1, -0.05) is 6.07 Å². The lowest BCUT2D eigenvalue weighted by Gasteiger charge is -2.05. The zero-order valence-corrected chi connectivity index (χ0v) is 9.69. The van der Waals surface area contributed by atoms with E-state index in [9.17, 15) is 0 Å². The van der Waals surface area contributed by atoms with E-state index >= 15 is 0 Å². The van der Waals surface area contributed by atoms with Crippen LogP contribution in [0.5, 0.6) is 11.6 Å². The van der Waals surface area contributed by atoms with E-state index in [1.807, 2.05) is 0 Å². The Balaban J connectivity index is 1.88. The van der Waals surface area contributed by atoms with Crippen molar-refractivity contribution >= 4 is 5.69 Å². The van der Waals surface area contributed by atoms with Crippen molar-refractivity contribution in [2.24, 2.45) is 0 Å². The molecule has 0 unspecified atom stereocenters. The predicted molar refractivity (Wildman–Crippen MR) is 66.1 cm³/mol. The third-order valence-electron chi connectivity index (χ3n) is 2.31. The molecule has 3 N–H and O–H groups in total. The molecule has 19 heavy (non-hydrogen) atoms. The van der Waals surface area contributed by atoms with Crippen LogP contribution in [-0.2, 0) is 0 Å². The maximum absolute atomic E-state index is 5.68. The van der Waals surface area contributed by atoms with E-state index < -0.39 is 0 Å². The number of rotatable bonds is 3. The Hall–Kier alpha value is -3.03. The predicted octanol–water partition coefficient (Wildman–Crippen LogP) is 1.03. The molecule has 0 atom stereocenters. The fraction of sp³-hybridized carbons (Fsp3) is 0. The van der Waals surface area contributed by atoms with Crippen molar-refractivity contribution in [3.63, 3.8) is 0 Å². The second kappa shape index (κ2) is 4.69. The van der Waals surface area contributed by atoms with Gasteiger partial charge in [0.25, 0.3) is 0 Å². The first kappa shape index (κ1) is 11.1. The van der Waals surface area contributed by atoms with Crippen LogP contribution in [0.15, 0.2) is 36.7 Å². The Morgan fingerprint density at radius 1 is 1.16 bits per heavy atom. The van der Waals surface area contributed by atoms with E-state index in [0.717, 1.165) is 0 Å². The lowest BCUT2D eigenvalue weighted by atomic mass is 10.3. The number of anilines is 1. The first-order chi connectivity index (χ1) is 9.31. The van der Waals surface area contributed by atoms with Gasteiger partial charge in [0.05, 0.1) is 0 Å². The van der Waals surface area contributed by atoms with Crippen LogP contribution in [0.2, 0.25) is 0 Å². The molecule has 2 aromatic heterocycles. The van der Waals surface area contributed by atoms with E-state index in [2.05, 4.69) is 30.6 Å². The Kier molecular flexibility index (Phi) is 2.73. The summed E-state index contributed by atoms with van der Waals surface area (Å²) in [4.78, 5) is 8.07. The van der Waals surface area contributed by atoms with Gasteiger partial charge in [-0.25, -0.2) is 15.1 Å². The number of H-pyrrole nitrogens is 1. The van der Waals surface area contributed by atoms with Gasteiger partial charge in [0.2, 0.25) is 5.88 Å². The van der Waals surface area contributed by atoms with Gasteiger partial charge in [0, 0.05) is 17.8 Å². The summed E-state index contributed by atoms with van der Waals surface area (Å²) in [5, 5.41) is 13.4. The van der Waals surface area contributed by atoms with Gasteiger partial charge < -0.3 is 10.5 Å². The van der Waals surface area contributed by atoms with Crippen LogP contribution < -0.4 is 10.5 Å². The van der Waals surface area contributed by atoms with Crippen LogP contribution in [0.3, 0.4) is 0 Å². The Morgan fingerprint density at radius 2 is 2.11 bits per heavy atom. The van der Waals surface area contributed by atoms with Gasteiger partial charge in [0.1, 0.15) is 17.8 Å². The van der Waals surface area contributed by atoms with Crippen molar-refractivity contribution in [3.05, 3.63) is 36.7 Å². The van der Waals surface area contributed by atoms with E-state index in [-0.39, 0.29) is 0 Å². The van der Waals surface area contributed by atoms with Crippen LogP contribution in [0, 0.1) is 0 Å². The van der Waals surface area contributed by atoms with Crippen molar-refractivity contribution in [2.75, 3.05) is 5.73 Å². The molecule has 8 heteroatoms. The molecule has 0 saturated carbocycles. The number of benzene rings is 1. The third-order valence-corrected chi connectivity index (χ3v) is 2.31. The Morgan fingerprint density at radius 3 is 2.89 bits per heavy atom. The Bertz CT molecular complexity index is 683. The average Bonchev–Trinajstić information content (AvgIpc) is 2.93. The summed E-state index contributed by atoms with van der Waals surface area (Å²) >= 11 is 0. The van der Waals surface area contributed by atoms with Crippen LogP contribution in [0.4, 0.5) is 5.69 Å². The molecule has 1 aromatic carbocycles. The second-order valence-electron chi connectivity index (χ2n) is 3.67. The number of nitrogens with one attached hydrogen (secondary N) is 1. The second-order valence-corrected chi connectivity index (χ2v) is 3.67. The molecule has 0 aliphatic heterocycles. The molecule has 0 fully saturated rings. The number of aromatic nitrogens is 6. The van der Waals surface area contributed by atoms with Crippen LogP contribution >= 0.6 is 0 Å². The molecule has 8 nitrogen and oxygen atoms in total. The molecular weight excluding hydrogens is 246 g/mol. The first-order valence-electron chi connectivity index (χ1n) is 5.41. The number of hydrogen-bond donors (Lipinski definition) is 2. The van der Waals surface area contributed by atoms with Gasteiger partial charge in [-0.2, -0.15) is 0 Å². The zero-order chi connectivity index (χ0) is 13.1. The first-order valence-corrected chi connectivity index (χ1v) is 5.41. The maximum Gasteiger partial charge on any atom is 0.222 e. The molecular formula is C11H9N7O. The average molecular weight is 255 g/mol. The summed E-state index contributed by atoms with van der Waals surface area (Å²) in [6.07, 6.45) is 1.37. The fourth-order valence-corrected chi connectivity index (χ4v) is 1.49.